The standard InChI is InChI=1S/C20H12Cl2FN4O2S/c21-12-5-10-16(15(22)11-12)24-19-20(26-18-4-2-1-3-17(18)25-19)27-30(28,29)14-8-6-13(23)7-9-14/h1-11H,(H-,24,25,26,27)/q-1. The first-order valence-electron chi connectivity index (χ1n) is 8.54. The van der Waals surface area contributed by atoms with Crippen molar-refractivity contribution in [1.29, 1.82) is 0 Å². The smallest absolute Gasteiger partial charge is 0.202 e. The van der Waals surface area contributed by atoms with Crippen LogP contribution < -0.4 is 5.32 Å². The van der Waals surface area contributed by atoms with E-state index in [4.69, 9.17) is 23.2 Å². The van der Waals surface area contributed by atoms with Gasteiger partial charge in [-0.2, -0.15) is 0 Å². The minimum absolute atomic E-state index is 0.0867. The molecule has 0 spiro atoms. The third-order valence-corrected chi connectivity index (χ3v) is 5.88. The lowest BCUT2D eigenvalue weighted by atomic mass is 10.3. The summed E-state index contributed by atoms with van der Waals surface area (Å²) in [6.07, 6.45) is 0. The molecule has 0 aliphatic heterocycles. The van der Waals surface area contributed by atoms with E-state index in [1.54, 1.807) is 36.4 Å². The van der Waals surface area contributed by atoms with E-state index in [2.05, 4.69) is 20.0 Å². The molecule has 4 rings (SSSR count). The van der Waals surface area contributed by atoms with Gasteiger partial charge in [0.15, 0.2) is 0 Å². The second kappa shape index (κ2) is 8.06. The molecule has 3 aromatic carbocycles. The van der Waals surface area contributed by atoms with Gasteiger partial charge in [-0.25, -0.2) is 17.8 Å². The fourth-order valence-electron chi connectivity index (χ4n) is 2.63. The van der Waals surface area contributed by atoms with E-state index < -0.39 is 15.8 Å². The molecule has 152 valence electrons. The third-order valence-electron chi connectivity index (χ3n) is 4.05. The van der Waals surface area contributed by atoms with E-state index in [1.807, 2.05) is 0 Å². The average molecular weight is 462 g/mol. The number of rotatable bonds is 5. The van der Waals surface area contributed by atoms with Gasteiger partial charge in [-0.05, 0) is 59.9 Å². The fourth-order valence-corrected chi connectivity index (χ4v) is 4.03. The first kappa shape index (κ1) is 20.3. The normalized spacial score (nSPS) is 11.4. The Balaban J connectivity index is 1.79. The number of hydrogen-bond donors (Lipinski definition) is 1. The van der Waals surface area contributed by atoms with Gasteiger partial charge in [0, 0.05) is 5.02 Å². The predicted molar refractivity (Wildman–Crippen MR) is 116 cm³/mol. The Morgan fingerprint density at radius 2 is 1.57 bits per heavy atom. The molecule has 0 saturated heterocycles. The second-order valence-electron chi connectivity index (χ2n) is 6.15. The van der Waals surface area contributed by atoms with E-state index in [0.29, 0.717) is 26.8 Å². The number of sulfonamides is 1. The quantitative estimate of drug-likeness (QED) is 0.381. The molecule has 4 aromatic rings. The van der Waals surface area contributed by atoms with Crippen LogP contribution >= 0.6 is 23.2 Å². The number of fused-ring (bicyclic) bond motifs is 1. The van der Waals surface area contributed by atoms with Crippen LogP contribution in [0.5, 0.6) is 0 Å². The Bertz CT molecular complexity index is 1350. The number of nitrogens with one attached hydrogen (secondary N) is 1. The van der Waals surface area contributed by atoms with Crippen LogP contribution in [-0.4, -0.2) is 18.4 Å². The molecule has 0 unspecified atom stereocenters. The molecule has 0 aliphatic rings. The molecular formula is C20H12Cl2FN4O2S-. The van der Waals surface area contributed by atoms with Crippen LogP contribution in [-0.2, 0) is 10.0 Å². The van der Waals surface area contributed by atoms with Crippen molar-refractivity contribution in [2.24, 2.45) is 0 Å². The molecule has 6 nitrogen and oxygen atoms in total. The van der Waals surface area contributed by atoms with Crippen LogP contribution in [0.25, 0.3) is 15.8 Å². The summed E-state index contributed by atoms with van der Waals surface area (Å²) in [6, 6.07) is 16.1. The maximum atomic E-state index is 13.2. The molecule has 0 aliphatic carbocycles. The number of para-hydroxylation sites is 2. The molecule has 1 aromatic heterocycles. The van der Waals surface area contributed by atoms with Gasteiger partial charge in [-0.1, -0.05) is 41.4 Å². The Labute approximate surface area is 181 Å². The summed E-state index contributed by atoms with van der Waals surface area (Å²) >= 11 is 12.1. The van der Waals surface area contributed by atoms with Crippen molar-refractivity contribution >= 4 is 61.6 Å². The van der Waals surface area contributed by atoms with Crippen molar-refractivity contribution in [1.82, 2.24) is 9.97 Å². The van der Waals surface area contributed by atoms with Crippen molar-refractivity contribution < 1.29 is 12.8 Å². The van der Waals surface area contributed by atoms with Crippen molar-refractivity contribution in [3.63, 3.8) is 0 Å². The minimum atomic E-state index is -4.17. The number of anilines is 2. The highest BCUT2D eigenvalue weighted by Crippen LogP contribution is 2.36. The van der Waals surface area contributed by atoms with Gasteiger partial charge in [-0.15, -0.1) is 0 Å². The largest absolute Gasteiger partial charge is 0.431 e. The zero-order chi connectivity index (χ0) is 21.3. The molecule has 10 heteroatoms. The SMILES string of the molecule is O=S(=O)([N-]c1nc2ccccc2nc1Nc1ccc(Cl)cc1Cl)c1ccc(F)cc1. The zero-order valence-electron chi connectivity index (χ0n) is 15.1. The van der Waals surface area contributed by atoms with Gasteiger partial charge in [0.2, 0.25) is 10.0 Å². The molecule has 0 radical (unpaired) electrons. The number of nitrogens with zero attached hydrogens (tertiary/aromatic N) is 3. The highest BCUT2D eigenvalue weighted by molar-refractivity contribution is 7.94. The summed E-state index contributed by atoms with van der Waals surface area (Å²) in [6.45, 7) is 0. The highest BCUT2D eigenvalue weighted by Gasteiger charge is 2.13. The van der Waals surface area contributed by atoms with E-state index in [-0.39, 0.29) is 16.5 Å². The van der Waals surface area contributed by atoms with E-state index >= 15 is 0 Å². The van der Waals surface area contributed by atoms with Crippen LogP contribution in [0, 0.1) is 5.82 Å². The summed E-state index contributed by atoms with van der Waals surface area (Å²) in [5, 5.41) is 3.71. The minimum Gasteiger partial charge on any atom is -0.431 e. The van der Waals surface area contributed by atoms with E-state index in [1.165, 1.54) is 6.07 Å². The van der Waals surface area contributed by atoms with Crippen LogP contribution in [0.1, 0.15) is 0 Å². The van der Waals surface area contributed by atoms with E-state index in [0.717, 1.165) is 24.3 Å². The summed E-state index contributed by atoms with van der Waals surface area (Å²) in [5.74, 6) is -0.633. The molecule has 1 N–H and O–H groups in total. The summed E-state index contributed by atoms with van der Waals surface area (Å²) < 4.78 is 42.5. The lowest BCUT2D eigenvalue weighted by molar-refractivity contribution is 0.601. The van der Waals surface area contributed by atoms with Gasteiger partial charge in [0.25, 0.3) is 0 Å². The van der Waals surface area contributed by atoms with Gasteiger partial charge >= 0.3 is 0 Å². The first-order chi connectivity index (χ1) is 14.3. The molecule has 0 bridgehead atoms. The fraction of sp³-hybridized carbons (Fsp3) is 0. The Kier molecular flexibility index (Phi) is 5.46. The molecular weight excluding hydrogens is 450 g/mol. The van der Waals surface area contributed by atoms with Crippen molar-refractivity contribution in [2.45, 2.75) is 4.90 Å². The molecule has 0 amide bonds. The van der Waals surface area contributed by atoms with Crippen LogP contribution in [0.15, 0.2) is 71.6 Å². The van der Waals surface area contributed by atoms with Gasteiger partial charge in [-0.3, -0.25) is 0 Å². The maximum absolute atomic E-state index is 13.2. The molecule has 1 heterocycles. The number of hydrogen-bond acceptors (Lipinski definition) is 5. The summed E-state index contributed by atoms with van der Waals surface area (Å²) in [4.78, 5) is 8.60. The average Bonchev–Trinajstić information content (AvgIpc) is 2.70. The van der Waals surface area contributed by atoms with Gasteiger partial charge in [0.05, 0.1) is 21.1 Å². The number of benzene rings is 3. The molecule has 0 saturated carbocycles. The maximum Gasteiger partial charge on any atom is 0.202 e. The molecule has 30 heavy (non-hydrogen) atoms. The van der Waals surface area contributed by atoms with Gasteiger partial charge < -0.3 is 15.0 Å². The number of aromatic nitrogens is 2. The molecule has 0 fully saturated rings. The van der Waals surface area contributed by atoms with Gasteiger partial charge in [0.1, 0.15) is 11.6 Å². The topological polar surface area (TPSA) is 86.1 Å². The zero-order valence-corrected chi connectivity index (χ0v) is 17.4. The summed E-state index contributed by atoms with van der Waals surface area (Å²) in [7, 11) is -4.17. The third kappa shape index (κ3) is 4.30. The van der Waals surface area contributed by atoms with Crippen molar-refractivity contribution in [3.8, 4) is 0 Å². The highest BCUT2D eigenvalue weighted by atomic mass is 35.5. The lowest BCUT2D eigenvalue weighted by Gasteiger charge is -2.21. The van der Waals surface area contributed by atoms with Crippen LogP contribution in [0.4, 0.5) is 21.7 Å². The van der Waals surface area contributed by atoms with Crippen molar-refractivity contribution in [3.05, 3.63) is 87.3 Å². The van der Waals surface area contributed by atoms with Crippen LogP contribution in [0.2, 0.25) is 10.0 Å². The predicted octanol–water partition coefficient (Wildman–Crippen LogP) is 6.21. The Morgan fingerprint density at radius 1 is 0.900 bits per heavy atom. The number of halogens is 3. The summed E-state index contributed by atoms with van der Waals surface area (Å²) in [5.41, 5.74) is 1.43. The second-order valence-corrected chi connectivity index (χ2v) is 8.60. The first-order valence-corrected chi connectivity index (χ1v) is 10.7. The monoisotopic (exact) mass is 461 g/mol. The molecule has 0 atom stereocenters. The van der Waals surface area contributed by atoms with Crippen molar-refractivity contribution in [2.75, 3.05) is 5.32 Å². The Morgan fingerprint density at radius 3 is 2.23 bits per heavy atom. The Hall–Kier alpha value is -2.94. The lowest BCUT2D eigenvalue weighted by Crippen LogP contribution is -2.03. The van der Waals surface area contributed by atoms with E-state index in [9.17, 15) is 12.8 Å². The van der Waals surface area contributed by atoms with Crippen LogP contribution in [0.3, 0.4) is 0 Å².